The number of H-pyrrole nitrogens is 1. The van der Waals surface area contributed by atoms with Crippen LogP contribution < -0.4 is 5.56 Å². The van der Waals surface area contributed by atoms with E-state index in [0.717, 1.165) is 30.4 Å². The number of pyridine rings is 1. The van der Waals surface area contributed by atoms with Crippen LogP contribution >= 0.6 is 0 Å². The third kappa shape index (κ3) is 3.43. The fraction of sp³-hybridized carbons (Fsp3) is 0.179. The van der Waals surface area contributed by atoms with Crippen molar-refractivity contribution in [3.05, 3.63) is 98.4 Å². The van der Waals surface area contributed by atoms with Crippen LogP contribution in [0.25, 0.3) is 28.1 Å². The number of hydrogen-bond donors (Lipinski definition) is 2. The Kier molecular flexibility index (Phi) is 4.81. The highest BCUT2D eigenvalue weighted by atomic mass is 19.1. The lowest BCUT2D eigenvalue weighted by molar-refractivity contribution is -0.114. The van der Waals surface area contributed by atoms with Gasteiger partial charge in [0.25, 0.3) is 5.56 Å². The van der Waals surface area contributed by atoms with Crippen LogP contribution in [0.5, 0.6) is 0 Å². The van der Waals surface area contributed by atoms with E-state index in [2.05, 4.69) is 4.98 Å². The average molecular weight is 468 g/mol. The van der Waals surface area contributed by atoms with Crippen LogP contribution in [0.3, 0.4) is 0 Å². The van der Waals surface area contributed by atoms with E-state index in [1.165, 1.54) is 18.3 Å². The van der Waals surface area contributed by atoms with Crippen molar-refractivity contribution in [2.24, 2.45) is 0 Å². The molecule has 0 saturated heterocycles. The number of fused-ring (bicyclic) bond motifs is 3. The summed E-state index contributed by atoms with van der Waals surface area (Å²) in [7, 11) is 0. The lowest BCUT2D eigenvalue weighted by Gasteiger charge is -2.15. The highest BCUT2D eigenvalue weighted by molar-refractivity contribution is 6.08. The van der Waals surface area contributed by atoms with Crippen molar-refractivity contribution in [1.29, 1.82) is 0 Å². The molecule has 0 spiro atoms. The molecule has 2 aromatic heterocycles. The third-order valence-corrected chi connectivity index (χ3v) is 7.02. The number of nitrogens with one attached hydrogen (secondary N) is 1. The number of carbonyl (C=O) groups is 2. The van der Waals surface area contributed by atoms with Gasteiger partial charge < -0.3 is 14.7 Å². The molecule has 0 atom stereocenters. The summed E-state index contributed by atoms with van der Waals surface area (Å²) in [5.74, 6) is -1.73. The SMILES string of the molecule is O=C1C=Cc2cc(F)c(Cn3c(C(=O)O)c(-c4ccc[nH]c4=O)c4cc5c(cc43)CCC5)cc2C1. The maximum atomic E-state index is 15.2. The van der Waals surface area contributed by atoms with Gasteiger partial charge in [-0.15, -0.1) is 0 Å². The quantitative estimate of drug-likeness (QED) is 0.461. The van der Waals surface area contributed by atoms with Crippen LogP contribution in [0.4, 0.5) is 4.39 Å². The number of halogens is 1. The Labute approximate surface area is 199 Å². The number of rotatable bonds is 4. The van der Waals surface area contributed by atoms with Crippen LogP contribution in [0.15, 0.2) is 53.5 Å². The number of aromatic carboxylic acids is 1. The maximum Gasteiger partial charge on any atom is 0.353 e. The zero-order valence-corrected chi connectivity index (χ0v) is 18.7. The Morgan fingerprint density at radius 1 is 1.06 bits per heavy atom. The molecule has 0 unspecified atom stereocenters. The molecule has 0 radical (unpaired) electrons. The molecule has 2 N–H and O–H groups in total. The predicted molar refractivity (Wildman–Crippen MR) is 130 cm³/mol. The first-order chi connectivity index (χ1) is 16.9. The van der Waals surface area contributed by atoms with E-state index in [0.29, 0.717) is 33.2 Å². The first-order valence-electron chi connectivity index (χ1n) is 11.5. The van der Waals surface area contributed by atoms with Gasteiger partial charge in [-0.25, -0.2) is 9.18 Å². The second kappa shape index (κ2) is 7.91. The minimum absolute atomic E-state index is 0.0430. The first kappa shape index (κ1) is 21.3. The van der Waals surface area contributed by atoms with Gasteiger partial charge in [0, 0.05) is 40.2 Å². The largest absolute Gasteiger partial charge is 0.477 e. The second-order valence-electron chi connectivity index (χ2n) is 9.14. The topological polar surface area (TPSA) is 92.2 Å². The molecule has 0 aliphatic heterocycles. The second-order valence-corrected chi connectivity index (χ2v) is 9.14. The highest BCUT2D eigenvalue weighted by Gasteiger charge is 2.28. The minimum Gasteiger partial charge on any atom is -0.477 e. The van der Waals surface area contributed by atoms with Gasteiger partial charge in [0.15, 0.2) is 5.78 Å². The maximum absolute atomic E-state index is 15.2. The van der Waals surface area contributed by atoms with E-state index in [4.69, 9.17) is 0 Å². The number of allylic oxidation sites excluding steroid dienone is 1. The van der Waals surface area contributed by atoms with Gasteiger partial charge in [-0.1, -0.05) is 12.1 Å². The van der Waals surface area contributed by atoms with Crippen LogP contribution in [0.2, 0.25) is 0 Å². The van der Waals surface area contributed by atoms with E-state index in [1.807, 2.05) is 12.1 Å². The summed E-state index contributed by atoms with van der Waals surface area (Å²) < 4.78 is 16.8. The van der Waals surface area contributed by atoms with Crippen LogP contribution in [-0.4, -0.2) is 26.4 Å². The summed E-state index contributed by atoms with van der Waals surface area (Å²) in [5.41, 5.74) is 4.73. The van der Waals surface area contributed by atoms with Crippen molar-refractivity contribution in [2.75, 3.05) is 0 Å². The fourth-order valence-corrected chi connectivity index (χ4v) is 5.41. The molecule has 0 fully saturated rings. The molecule has 174 valence electrons. The monoisotopic (exact) mass is 468 g/mol. The molecule has 2 aromatic carbocycles. The van der Waals surface area contributed by atoms with Crippen molar-refractivity contribution in [3.8, 4) is 11.1 Å². The number of carbonyl (C=O) groups excluding carboxylic acids is 1. The van der Waals surface area contributed by atoms with Crippen LogP contribution in [0, 0.1) is 5.82 Å². The van der Waals surface area contributed by atoms with Crippen LogP contribution in [-0.2, 0) is 30.6 Å². The molecule has 0 saturated carbocycles. The van der Waals surface area contributed by atoms with Crippen molar-refractivity contribution in [1.82, 2.24) is 9.55 Å². The number of aryl methyl sites for hydroxylation is 2. The Balaban J connectivity index is 1.63. The van der Waals surface area contributed by atoms with Gasteiger partial charge in [0.2, 0.25) is 0 Å². The zero-order chi connectivity index (χ0) is 24.3. The van der Waals surface area contributed by atoms with Gasteiger partial charge in [-0.05, 0) is 77.9 Å². The molecule has 35 heavy (non-hydrogen) atoms. The minimum atomic E-state index is -1.20. The normalized spacial score (nSPS) is 14.4. The smallest absolute Gasteiger partial charge is 0.353 e. The van der Waals surface area contributed by atoms with Crippen LogP contribution in [0.1, 0.15) is 44.7 Å². The lowest BCUT2D eigenvalue weighted by Crippen LogP contribution is -2.15. The van der Waals surface area contributed by atoms with Crippen molar-refractivity contribution in [2.45, 2.75) is 32.2 Å². The number of carboxylic acids is 1. The molecule has 6 nitrogen and oxygen atoms in total. The van der Waals surface area contributed by atoms with Crippen molar-refractivity contribution >= 4 is 28.7 Å². The summed E-state index contributed by atoms with van der Waals surface area (Å²) >= 11 is 0. The van der Waals surface area contributed by atoms with Gasteiger partial charge in [-0.3, -0.25) is 9.59 Å². The molecule has 2 aliphatic carbocycles. The number of ketones is 1. The Hall–Kier alpha value is -4.26. The molecule has 2 heterocycles. The van der Waals surface area contributed by atoms with Crippen molar-refractivity contribution in [3.63, 3.8) is 0 Å². The summed E-state index contributed by atoms with van der Waals surface area (Å²) in [6.07, 6.45) is 7.51. The molecule has 7 heteroatoms. The fourth-order valence-electron chi connectivity index (χ4n) is 5.41. The molecule has 4 aromatic rings. The highest BCUT2D eigenvalue weighted by Crippen LogP contribution is 2.38. The van der Waals surface area contributed by atoms with E-state index >= 15 is 4.39 Å². The summed E-state index contributed by atoms with van der Waals surface area (Å²) in [4.78, 5) is 39.9. The van der Waals surface area contributed by atoms with E-state index in [9.17, 15) is 19.5 Å². The van der Waals surface area contributed by atoms with Gasteiger partial charge in [-0.2, -0.15) is 0 Å². The Morgan fingerprint density at radius 3 is 2.63 bits per heavy atom. The first-order valence-corrected chi connectivity index (χ1v) is 11.5. The number of aromatic nitrogens is 2. The van der Waals surface area contributed by atoms with E-state index in [-0.39, 0.29) is 35.6 Å². The number of carboxylic acid groups (broad SMARTS) is 1. The summed E-state index contributed by atoms with van der Waals surface area (Å²) in [6, 6.07) is 10.3. The molecular weight excluding hydrogens is 447 g/mol. The Morgan fingerprint density at radius 2 is 1.86 bits per heavy atom. The standard InChI is InChI=1S/C28H21FN2O4/c29-23-12-17-6-7-20(32)10-18(17)9-19(23)14-31-24-13-16-4-1-3-15(16)11-22(24)25(26(31)28(34)35)21-5-2-8-30-27(21)33/h2,5-9,11-13H,1,3-4,10,14H2,(H,30,33)(H,34,35). The number of benzene rings is 2. The molecule has 2 aliphatic rings. The van der Waals surface area contributed by atoms with Gasteiger partial charge in [0.05, 0.1) is 6.54 Å². The average Bonchev–Trinajstić information content (AvgIpc) is 3.41. The van der Waals surface area contributed by atoms with E-state index < -0.39 is 11.8 Å². The van der Waals surface area contributed by atoms with E-state index in [1.54, 1.807) is 28.8 Å². The molecular formula is C28H21FN2O4. The molecule has 6 rings (SSSR count). The van der Waals surface area contributed by atoms with Crippen molar-refractivity contribution < 1.29 is 19.1 Å². The van der Waals surface area contributed by atoms with Gasteiger partial charge >= 0.3 is 5.97 Å². The number of hydrogen-bond acceptors (Lipinski definition) is 3. The predicted octanol–water partition coefficient (Wildman–Crippen LogP) is 4.51. The summed E-state index contributed by atoms with van der Waals surface area (Å²) in [5, 5.41) is 11.0. The lowest BCUT2D eigenvalue weighted by atomic mass is 9.94. The number of aromatic amines is 1. The zero-order valence-electron chi connectivity index (χ0n) is 18.7. The third-order valence-electron chi connectivity index (χ3n) is 7.02. The summed E-state index contributed by atoms with van der Waals surface area (Å²) in [6.45, 7) is -0.0430. The van der Waals surface area contributed by atoms with Gasteiger partial charge in [0.1, 0.15) is 11.5 Å². The number of nitrogens with zero attached hydrogens (tertiary/aromatic N) is 1. The molecule has 0 amide bonds. The molecule has 0 bridgehead atoms. The Bertz CT molecular complexity index is 1660.